The third kappa shape index (κ3) is 2.47. The zero-order valence-electron chi connectivity index (χ0n) is 8.83. The number of hydrogen-bond donors (Lipinski definition) is 2. The van der Waals surface area contributed by atoms with Gasteiger partial charge in [-0.2, -0.15) is 0 Å². The van der Waals surface area contributed by atoms with E-state index in [1.54, 1.807) is 0 Å². The van der Waals surface area contributed by atoms with Gasteiger partial charge in [-0.15, -0.1) is 12.4 Å². The average molecular weight is 250 g/mol. The smallest absolute Gasteiger partial charge is 0.317 e. The Morgan fingerprint density at radius 2 is 1.62 bits per heavy atom. The summed E-state index contributed by atoms with van der Waals surface area (Å²) >= 11 is 0. The number of fused-ring (bicyclic) bond motifs is 2. The van der Waals surface area contributed by atoms with Gasteiger partial charge >= 0.3 is 11.9 Å². The van der Waals surface area contributed by atoms with Crippen molar-refractivity contribution in [2.75, 3.05) is 19.6 Å². The van der Waals surface area contributed by atoms with E-state index in [1.165, 1.54) is 0 Å². The highest BCUT2D eigenvalue weighted by Crippen LogP contribution is 2.41. The molecule has 2 rings (SSSR count). The van der Waals surface area contributed by atoms with E-state index in [1.807, 2.05) is 4.90 Å². The van der Waals surface area contributed by atoms with Crippen molar-refractivity contribution in [3.05, 3.63) is 0 Å². The summed E-state index contributed by atoms with van der Waals surface area (Å²) in [5, 5.41) is 17.7. The fraction of sp³-hybridized carbons (Fsp3) is 0.800. The van der Waals surface area contributed by atoms with Crippen LogP contribution in [0.25, 0.3) is 0 Å². The van der Waals surface area contributed by atoms with Crippen molar-refractivity contribution < 1.29 is 19.8 Å². The molecule has 0 radical (unpaired) electrons. The Bertz CT molecular complexity index is 283. The van der Waals surface area contributed by atoms with Gasteiger partial charge in [0.1, 0.15) is 0 Å². The van der Waals surface area contributed by atoms with E-state index in [9.17, 15) is 9.59 Å². The Hall–Kier alpha value is -0.810. The predicted octanol–water partition coefficient (Wildman–Crippen LogP) is 0.535. The zero-order valence-corrected chi connectivity index (χ0v) is 9.65. The van der Waals surface area contributed by atoms with Gasteiger partial charge < -0.3 is 10.2 Å². The fourth-order valence-corrected chi connectivity index (χ4v) is 3.04. The van der Waals surface area contributed by atoms with Crippen LogP contribution in [0.5, 0.6) is 0 Å². The van der Waals surface area contributed by atoms with E-state index < -0.39 is 11.9 Å². The van der Waals surface area contributed by atoms with Crippen molar-refractivity contribution in [1.82, 2.24) is 4.90 Å². The summed E-state index contributed by atoms with van der Waals surface area (Å²) < 4.78 is 0. The van der Waals surface area contributed by atoms with Crippen LogP contribution in [0.4, 0.5) is 0 Å². The lowest BCUT2D eigenvalue weighted by Crippen LogP contribution is -2.46. The fourth-order valence-electron chi connectivity index (χ4n) is 3.04. The van der Waals surface area contributed by atoms with Crippen molar-refractivity contribution in [3.8, 4) is 0 Å². The Morgan fingerprint density at radius 1 is 1.12 bits per heavy atom. The molecule has 0 aromatic rings. The number of likely N-dealkylation sites (tertiary alicyclic amines) is 1. The van der Waals surface area contributed by atoms with Crippen molar-refractivity contribution in [3.63, 3.8) is 0 Å². The number of aliphatic carboxylic acids is 2. The Labute approximate surface area is 99.8 Å². The van der Waals surface area contributed by atoms with Crippen LogP contribution in [0.1, 0.15) is 12.8 Å². The molecule has 1 saturated heterocycles. The van der Waals surface area contributed by atoms with Crippen LogP contribution in [0, 0.1) is 17.8 Å². The molecule has 0 spiro atoms. The molecule has 2 aliphatic rings. The van der Waals surface area contributed by atoms with Gasteiger partial charge in [0.15, 0.2) is 0 Å². The number of carboxylic acid groups (broad SMARTS) is 2. The third-order valence-corrected chi connectivity index (χ3v) is 3.55. The summed E-state index contributed by atoms with van der Waals surface area (Å²) in [5.41, 5.74) is 0. The Morgan fingerprint density at radius 3 is 2.00 bits per heavy atom. The minimum Gasteiger partial charge on any atom is -0.481 e. The molecule has 1 heterocycles. The number of carboxylic acids is 2. The van der Waals surface area contributed by atoms with Crippen molar-refractivity contribution in [1.29, 1.82) is 0 Å². The van der Waals surface area contributed by atoms with Crippen molar-refractivity contribution in [2.45, 2.75) is 12.8 Å². The normalized spacial score (nSPS) is 33.1. The molecule has 6 heteroatoms. The first kappa shape index (κ1) is 13.3. The summed E-state index contributed by atoms with van der Waals surface area (Å²) in [4.78, 5) is 23.4. The Kier molecular flexibility index (Phi) is 4.15. The third-order valence-electron chi connectivity index (χ3n) is 3.55. The first-order valence-electron chi connectivity index (χ1n) is 5.25. The minimum atomic E-state index is -0.830. The SMILES string of the molecule is Cl.O=C(O)CN1CC2CCC(C1)C2C(=O)O. The van der Waals surface area contributed by atoms with Crippen LogP contribution in [-0.2, 0) is 9.59 Å². The molecule has 5 nitrogen and oxygen atoms in total. The van der Waals surface area contributed by atoms with Crippen LogP contribution in [-0.4, -0.2) is 46.7 Å². The number of nitrogens with zero attached hydrogens (tertiary/aromatic N) is 1. The standard InChI is InChI=1S/C10H15NO4.ClH/c12-8(13)5-11-3-6-1-2-7(4-11)9(6)10(14)15;/h6-7,9H,1-5H2,(H,12,13)(H,14,15);1H. The molecule has 2 atom stereocenters. The van der Waals surface area contributed by atoms with Crippen LogP contribution >= 0.6 is 12.4 Å². The quantitative estimate of drug-likeness (QED) is 0.763. The lowest BCUT2D eigenvalue weighted by molar-refractivity contribution is -0.147. The van der Waals surface area contributed by atoms with Gasteiger partial charge in [0.05, 0.1) is 12.5 Å². The molecule has 0 amide bonds. The van der Waals surface area contributed by atoms with Crippen LogP contribution in [0.2, 0.25) is 0 Å². The highest BCUT2D eigenvalue weighted by Gasteiger charge is 2.45. The number of halogens is 1. The van der Waals surface area contributed by atoms with E-state index in [4.69, 9.17) is 10.2 Å². The van der Waals surface area contributed by atoms with E-state index in [-0.39, 0.29) is 36.7 Å². The van der Waals surface area contributed by atoms with Gasteiger partial charge in [-0.05, 0) is 24.7 Å². The molecule has 2 fully saturated rings. The Balaban J connectivity index is 0.00000128. The lowest BCUT2D eigenvalue weighted by Gasteiger charge is -2.34. The summed E-state index contributed by atoms with van der Waals surface area (Å²) in [6.45, 7) is 1.29. The predicted molar refractivity (Wildman–Crippen MR) is 58.7 cm³/mol. The average Bonchev–Trinajstić information content (AvgIpc) is 2.38. The molecule has 92 valence electrons. The zero-order chi connectivity index (χ0) is 11.0. The van der Waals surface area contributed by atoms with Gasteiger partial charge in [-0.3, -0.25) is 14.5 Å². The first-order chi connectivity index (χ1) is 7.08. The van der Waals surface area contributed by atoms with Crippen LogP contribution in [0.15, 0.2) is 0 Å². The second-order valence-electron chi connectivity index (χ2n) is 4.55. The van der Waals surface area contributed by atoms with Crippen LogP contribution in [0.3, 0.4) is 0 Å². The van der Waals surface area contributed by atoms with Crippen molar-refractivity contribution in [2.24, 2.45) is 17.8 Å². The van der Waals surface area contributed by atoms with Gasteiger partial charge in [0.25, 0.3) is 0 Å². The molecule has 1 aliphatic heterocycles. The van der Waals surface area contributed by atoms with E-state index in [0.717, 1.165) is 12.8 Å². The minimum absolute atomic E-state index is 0. The molecular weight excluding hydrogens is 234 g/mol. The molecule has 2 unspecified atom stereocenters. The second kappa shape index (κ2) is 5.01. The maximum Gasteiger partial charge on any atom is 0.317 e. The van der Waals surface area contributed by atoms with Crippen LogP contribution < -0.4 is 0 Å². The number of piperidine rings is 1. The van der Waals surface area contributed by atoms with Gasteiger partial charge in [-0.25, -0.2) is 0 Å². The molecule has 0 aromatic heterocycles. The largest absolute Gasteiger partial charge is 0.481 e. The van der Waals surface area contributed by atoms with E-state index in [0.29, 0.717) is 13.1 Å². The summed E-state index contributed by atoms with van der Waals surface area (Å²) in [6.07, 6.45) is 1.86. The van der Waals surface area contributed by atoms with Gasteiger partial charge in [0, 0.05) is 13.1 Å². The molecule has 0 aromatic carbocycles. The highest BCUT2D eigenvalue weighted by atomic mass is 35.5. The second-order valence-corrected chi connectivity index (χ2v) is 4.55. The topological polar surface area (TPSA) is 77.8 Å². The maximum absolute atomic E-state index is 11.0. The van der Waals surface area contributed by atoms with Gasteiger partial charge in [0.2, 0.25) is 0 Å². The molecular formula is C10H16ClNO4. The van der Waals surface area contributed by atoms with E-state index >= 15 is 0 Å². The first-order valence-corrected chi connectivity index (χ1v) is 5.25. The monoisotopic (exact) mass is 249 g/mol. The number of rotatable bonds is 3. The lowest BCUT2D eigenvalue weighted by atomic mass is 9.85. The van der Waals surface area contributed by atoms with E-state index in [2.05, 4.69) is 0 Å². The summed E-state index contributed by atoms with van der Waals surface area (Å²) in [5.74, 6) is -1.48. The maximum atomic E-state index is 11.0. The summed E-state index contributed by atoms with van der Waals surface area (Å²) in [6, 6.07) is 0. The van der Waals surface area contributed by atoms with Gasteiger partial charge in [-0.1, -0.05) is 0 Å². The highest BCUT2D eigenvalue weighted by molar-refractivity contribution is 5.85. The number of carbonyl (C=O) groups is 2. The number of hydrogen-bond acceptors (Lipinski definition) is 3. The summed E-state index contributed by atoms with van der Waals surface area (Å²) in [7, 11) is 0. The molecule has 16 heavy (non-hydrogen) atoms. The molecule has 1 saturated carbocycles. The van der Waals surface area contributed by atoms with Crippen molar-refractivity contribution >= 4 is 24.3 Å². The molecule has 2 N–H and O–H groups in total. The molecule has 2 bridgehead atoms. The molecule has 1 aliphatic carbocycles.